The first-order valence-corrected chi connectivity index (χ1v) is 8.53. The Morgan fingerprint density at radius 2 is 2.08 bits per heavy atom. The van der Waals surface area contributed by atoms with E-state index < -0.39 is 0 Å². The van der Waals surface area contributed by atoms with E-state index in [1.165, 1.54) is 6.26 Å². The van der Waals surface area contributed by atoms with Crippen LogP contribution in [0.15, 0.2) is 53.3 Å². The van der Waals surface area contributed by atoms with Crippen molar-refractivity contribution in [1.29, 1.82) is 0 Å². The number of carbonyl (C=O) groups is 1. The van der Waals surface area contributed by atoms with Crippen LogP contribution in [-0.2, 0) is 4.74 Å². The molecule has 2 aromatic rings. The molecule has 4 rings (SSSR count). The van der Waals surface area contributed by atoms with Crippen LogP contribution in [-0.4, -0.2) is 36.6 Å². The van der Waals surface area contributed by atoms with Crippen molar-refractivity contribution in [3.05, 3.63) is 60.2 Å². The molecule has 0 radical (unpaired) electrons. The summed E-state index contributed by atoms with van der Waals surface area (Å²) < 4.78 is 16.6. The standard InChI is InChI=1S/C20H21NO4/c1-23-17-7-5-15(6-8-17)16-12-20(25-13-16)9-3-10-21(14-20)19(22)18-4-2-11-24-18/h2,4-8,11,13H,3,9-10,12,14H2,1H3. The molecule has 0 saturated carbocycles. The molecule has 130 valence electrons. The lowest BCUT2D eigenvalue weighted by Gasteiger charge is -2.39. The molecule has 0 aliphatic carbocycles. The van der Waals surface area contributed by atoms with Crippen LogP contribution in [0.25, 0.3) is 5.57 Å². The fourth-order valence-corrected chi connectivity index (χ4v) is 3.67. The summed E-state index contributed by atoms with van der Waals surface area (Å²) in [4.78, 5) is 14.4. The van der Waals surface area contributed by atoms with Gasteiger partial charge in [-0.3, -0.25) is 4.79 Å². The molecule has 25 heavy (non-hydrogen) atoms. The van der Waals surface area contributed by atoms with Crippen LogP contribution in [0.5, 0.6) is 5.75 Å². The van der Waals surface area contributed by atoms with E-state index in [1.807, 2.05) is 35.4 Å². The molecule has 1 aromatic carbocycles. The Kier molecular flexibility index (Phi) is 3.99. The van der Waals surface area contributed by atoms with E-state index in [1.54, 1.807) is 19.2 Å². The SMILES string of the molecule is COc1ccc(C2=COC3(CCCN(C(=O)c4ccco4)C3)C2)cc1. The van der Waals surface area contributed by atoms with Crippen LogP contribution in [0, 0.1) is 0 Å². The minimum Gasteiger partial charge on any atom is -0.497 e. The Bertz CT molecular complexity index is 779. The second-order valence-corrected chi connectivity index (χ2v) is 6.66. The molecule has 1 saturated heterocycles. The highest BCUT2D eigenvalue weighted by molar-refractivity contribution is 5.91. The van der Waals surface area contributed by atoms with Gasteiger partial charge in [-0.1, -0.05) is 12.1 Å². The first kappa shape index (κ1) is 15.8. The van der Waals surface area contributed by atoms with E-state index in [0.717, 1.165) is 42.7 Å². The zero-order valence-electron chi connectivity index (χ0n) is 14.2. The van der Waals surface area contributed by atoms with Gasteiger partial charge in [0.25, 0.3) is 5.91 Å². The minimum absolute atomic E-state index is 0.0643. The second-order valence-electron chi connectivity index (χ2n) is 6.66. The summed E-state index contributed by atoms with van der Waals surface area (Å²) in [5.41, 5.74) is 1.97. The van der Waals surface area contributed by atoms with Crippen molar-refractivity contribution in [3.8, 4) is 5.75 Å². The molecular formula is C20H21NO4. The summed E-state index contributed by atoms with van der Waals surface area (Å²) >= 11 is 0. The van der Waals surface area contributed by atoms with E-state index in [9.17, 15) is 4.79 Å². The number of amides is 1. The first-order chi connectivity index (χ1) is 12.2. The smallest absolute Gasteiger partial charge is 0.289 e. The topological polar surface area (TPSA) is 51.9 Å². The largest absolute Gasteiger partial charge is 0.497 e. The van der Waals surface area contributed by atoms with Crippen molar-refractivity contribution >= 4 is 11.5 Å². The molecule has 2 aliphatic rings. The molecule has 2 aliphatic heterocycles. The molecular weight excluding hydrogens is 318 g/mol. The molecule has 1 spiro atoms. The van der Waals surface area contributed by atoms with Gasteiger partial charge < -0.3 is 18.8 Å². The summed E-state index contributed by atoms with van der Waals surface area (Å²) in [5, 5.41) is 0. The maximum Gasteiger partial charge on any atom is 0.289 e. The first-order valence-electron chi connectivity index (χ1n) is 8.53. The lowest BCUT2D eigenvalue weighted by atomic mass is 9.86. The fourth-order valence-electron chi connectivity index (χ4n) is 3.67. The Labute approximate surface area is 146 Å². The average Bonchev–Trinajstić information content (AvgIpc) is 3.32. The number of hydrogen-bond acceptors (Lipinski definition) is 4. The molecule has 1 atom stereocenters. The van der Waals surface area contributed by atoms with Gasteiger partial charge in [0, 0.05) is 13.0 Å². The van der Waals surface area contributed by atoms with Gasteiger partial charge in [-0.05, 0) is 48.2 Å². The summed E-state index contributed by atoms with van der Waals surface area (Å²) in [6, 6.07) is 11.4. The molecule has 1 fully saturated rings. The normalized spacial score (nSPS) is 22.6. The zero-order valence-corrected chi connectivity index (χ0v) is 14.2. The molecule has 0 N–H and O–H groups in total. The summed E-state index contributed by atoms with van der Waals surface area (Å²) in [7, 11) is 1.66. The summed E-state index contributed by atoms with van der Waals surface area (Å²) in [5.74, 6) is 1.16. The monoisotopic (exact) mass is 339 g/mol. The fraction of sp³-hybridized carbons (Fsp3) is 0.350. The number of benzene rings is 1. The van der Waals surface area contributed by atoms with Crippen molar-refractivity contribution < 1.29 is 18.7 Å². The second kappa shape index (κ2) is 6.31. The van der Waals surface area contributed by atoms with E-state index in [2.05, 4.69) is 0 Å². The van der Waals surface area contributed by atoms with Crippen molar-refractivity contribution in [3.63, 3.8) is 0 Å². The minimum atomic E-state index is -0.324. The average molecular weight is 339 g/mol. The van der Waals surface area contributed by atoms with Crippen LogP contribution in [0.2, 0.25) is 0 Å². The van der Waals surface area contributed by atoms with Gasteiger partial charge in [0.2, 0.25) is 0 Å². The van der Waals surface area contributed by atoms with Gasteiger partial charge >= 0.3 is 0 Å². The third kappa shape index (κ3) is 3.02. The maximum absolute atomic E-state index is 12.6. The van der Waals surface area contributed by atoms with Crippen LogP contribution in [0.4, 0.5) is 0 Å². The predicted octanol–water partition coefficient (Wildman–Crippen LogP) is 3.72. The maximum atomic E-state index is 12.6. The molecule has 1 unspecified atom stereocenters. The van der Waals surface area contributed by atoms with E-state index in [4.69, 9.17) is 13.9 Å². The van der Waals surface area contributed by atoms with Gasteiger partial charge in [-0.15, -0.1) is 0 Å². The number of nitrogens with zero attached hydrogens (tertiary/aromatic N) is 1. The number of carbonyl (C=O) groups excluding carboxylic acids is 1. The number of ether oxygens (including phenoxy) is 2. The van der Waals surface area contributed by atoms with Crippen molar-refractivity contribution in [1.82, 2.24) is 4.90 Å². The number of likely N-dealkylation sites (tertiary alicyclic amines) is 1. The number of methoxy groups -OCH3 is 1. The molecule has 3 heterocycles. The quantitative estimate of drug-likeness (QED) is 0.855. The van der Waals surface area contributed by atoms with Crippen LogP contribution >= 0.6 is 0 Å². The summed E-state index contributed by atoms with van der Waals surface area (Å²) in [6.45, 7) is 1.32. The van der Waals surface area contributed by atoms with Gasteiger partial charge in [0.1, 0.15) is 11.4 Å². The number of furan rings is 1. The third-order valence-corrected chi connectivity index (χ3v) is 4.98. The van der Waals surface area contributed by atoms with Gasteiger partial charge in [0.15, 0.2) is 5.76 Å². The lowest BCUT2D eigenvalue weighted by molar-refractivity contribution is -0.0198. The van der Waals surface area contributed by atoms with Crippen molar-refractivity contribution in [2.24, 2.45) is 0 Å². The molecule has 1 aromatic heterocycles. The van der Waals surface area contributed by atoms with Gasteiger partial charge in [-0.25, -0.2) is 0 Å². The van der Waals surface area contributed by atoms with E-state index >= 15 is 0 Å². The Morgan fingerprint density at radius 1 is 1.24 bits per heavy atom. The highest BCUT2D eigenvalue weighted by atomic mass is 16.5. The number of piperidine rings is 1. The molecule has 5 heteroatoms. The van der Waals surface area contributed by atoms with Crippen LogP contribution < -0.4 is 4.74 Å². The van der Waals surface area contributed by atoms with Crippen molar-refractivity contribution in [2.75, 3.05) is 20.2 Å². The van der Waals surface area contributed by atoms with Gasteiger partial charge in [0.05, 0.1) is 26.2 Å². The predicted molar refractivity (Wildman–Crippen MR) is 93.2 cm³/mol. The Morgan fingerprint density at radius 3 is 2.80 bits per heavy atom. The highest BCUT2D eigenvalue weighted by Crippen LogP contribution is 2.41. The van der Waals surface area contributed by atoms with Crippen LogP contribution in [0.1, 0.15) is 35.4 Å². The number of rotatable bonds is 3. The highest BCUT2D eigenvalue weighted by Gasteiger charge is 2.42. The molecule has 1 amide bonds. The summed E-state index contributed by atoms with van der Waals surface area (Å²) in [6.07, 6.45) is 6.06. The molecule has 0 bridgehead atoms. The third-order valence-electron chi connectivity index (χ3n) is 4.98. The van der Waals surface area contributed by atoms with Crippen molar-refractivity contribution in [2.45, 2.75) is 24.9 Å². The Balaban J connectivity index is 1.47. The van der Waals surface area contributed by atoms with Crippen LogP contribution in [0.3, 0.4) is 0 Å². The lowest BCUT2D eigenvalue weighted by Crippen LogP contribution is -2.50. The van der Waals surface area contributed by atoms with E-state index in [-0.39, 0.29) is 11.5 Å². The molecule has 5 nitrogen and oxygen atoms in total. The van der Waals surface area contributed by atoms with Gasteiger partial charge in [-0.2, -0.15) is 0 Å². The Hall–Kier alpha value is -2.69. The number of hydrogen-bond donors (Lipinski definition) is 0. The van der Waals surface area contributed by atoms with E-state index in [0.29, 0.717) is 12.3 Å². The zero-order chi connectivity index (χ0) is 17.3.